The third-order valence-electron chi connectivity index (χ3n) is 4.50. The fourth-order valence-electron chi connectivity index (χ4n) is 3.25. The van der Waals surface area contributed by atoms with E-state index >= 15 is 0 Å². The number of ether oxygens (including phenoxy) is 1. The van der Waals surface area contributed by atoms with Gasteiger partial charge >= 0.3 is 5.97 Å². The van der Waals surface area contributed by atoms with Gasteiger partial charge in [0.25, 0.3) is 0 Å². The van der Waals surface area contributed by atoms with E-state index in [0.29, 0.717) is 0 Å². The second-order valence-corrected chi connectivity index (χ2v) is 5.94. The lowest BCUT2D eigenvalue weighted by Crippen LogP contribution is -2.51. The molecule has 0 bridgehead atoms. The highest BCUT2D eigenvalue weighted by Gasteiger charge is 2.37. The molecule has 116 valence electrons. The van der Waals surface area contributed by atoms with Gasteiger partial charge in [0.1, 0.15) is 18.0 Å². The molecule has 0 aromatic carbocycles. The number of esters is 1. The summed E-state index contributed by atoms with van der Waals surface area (Å²) >= 11 is 0. The quantitative estimate of drug-likeness (QED) is 0.766. The van der Waals surface area contributed by atoms with Crippen LogP contribution in [0.4, 0.5) is 0 Å². The van der Waals surface area contributed by atoms with E-state index in [4.69, 9.17) is 4.74 Å². The number of nitrogens with zero attached hydrogens (tertiary/aromatic N) is 4. The summed E-state index contributed by atoms with van der Waals surface area (Å²) in [5.74, 6) is 1.08. The van der Waals surface area contributed by atoms with Crippen molar-refractivity contribution in [1.82, 2.24) is 19.4 Å². The molecule has 0 radical (unpaired) electrons. The van der Waals surface area contributed by atoms with Gasteiger partial charge in [-0.1, -0.05) is 0 Å². The van der Waals surface area contributed by atoms with Crippen molar-refractivity contribution in [3.63, 3.8) is 0 Å². The molecular formula is C15H24N4O2. The number of carbonyl (C=O) groups is 1. The molecular weight excluding hydrogens is 268 g/mol. The zero-order chi connectivity index (χ0) is 14.8. The summed E-state index contributed by atoms with van der Waals surface area (Å²) in [4.78, 5) is 20.9. The molecule has 2 atom stereocenters. The van der Waals surface area contributed by atoms with Crippen LogP contribution in [-0.4, -0.2) is 63.6 Å². The van der Waals surface area contributed by atoms with Crippen molar-refractivity contribution >= 4 is 5.97 Å². The number of aryl methyl sites for hydroxylation is 1. The monoisotopic (exact) mass is 292 g/mol. The fourth-order valence-corrected chi connectivity index (χ4v) is 3.25. The Morgan fingerprint density at radius 3 is 2.71 bits per heavy atom. The second kappa shape index (κ2) is 6.15. The predicted molar refractivity (Wildman–Crippen MR) is 78.7 cm³/mol. The number of hydrogen-bond acceptors (Lipinski definition) is 5. The Hall–Kier alpha value is -1.40. The number of rotatable bonds is 4. The van der Waals surface area contributed by atoms with Gasteiger partial charge in [0.05, 0.1) is 6.54 Å². The van der Waals surface area contributed by atoms with Crippen molar-refractivity contribution in [3.05, 3.63) is 18.2 Å². The van der Waals surface area contributed by atoms with E-state index in [9.17, 15) is 4.79 Å². The fraction of sp³-hybridized carbons (Fsp3) is 0.733. The number of cyclic esters (lactones) is 1. The zero-order valence-electron chi connectivity index (χ0n) is 12.9. The molecule has 0 spiro atoms. The molecule has 1 aromatic rings. The van der Waals surface area contributed by atoms with Crippen molar-refractivity contribution in [3.8, 4) is 0 Å². The molecule has 6 heteroatoms. The van der Waals surface area contributed by atoms with Gasteiger partial charge in [-0.2, -0.15) is 0 Å². The van der Waals surface area contributed by atoms with E-state index in [-0.39, 0.29) is 18.1 Å². The molecule has 2 saturated heterocycles. The zero-order valence-corrected chi connectivity index (χ0v) is 12.9. The Kier molecular flexibility index (Phi) is 4.26. The summed E-state index contributed by atoms with van der Waals surface area (Å²) in [6.07, 6.45) is 4.79. The first-order chi connectivity index (χ1) is 10.2. The van der Waals surface area contributed by atoms with E-state index < -0.39 is 0 Å². The minimum Gasteiger partial charge on any atom is -0.461 e. The summed E-state index contributed by atoms with van der Waals surface area (Å²) in [5.41, 5.74) is 0. The van der Waals surface area contributed by atoms with E-state index in [1.165, 1.54) is 0 Å². The van der Waals surface area contributed by atoms with E-state index in [1.54, 1.807) is 0 Å². The van der Waals surface area contributed by atoms with Gasteiger partial charge in [0, 0.05) is 51.5 Å². The molecule has 0 unspecified atom stereocenters. The molecule has 3 heterocycles. The van der Waals surface area contributed by atoms with Gasteiger partial charge in [-0.15, -0.1) is 0 Å². The largest absolute Gasteiger partial charge is 0.461 e. The first-order valence-corrected chi connectivity index (χ1v) is 7.84. The van der Waals surface area contributed by atoms with Crippen LogP contribution in [0.2, 0.25) is 0 Å². The molecule has 0 aliphatic carbocycles. The van der Waals surface area contributed by atoms with Crippen LogP contribution in [0.5, 0.6) is 0 Å². The number of imidazole rings is 1. The molecule has 0 N–H and O–H groups in total. The van der Waals surface area contributed by atoms with Crippen LogP contribution in [0.3, 0.4) is 0 Å². The van der Waals surface area contributed by atoms with E-state index in [1.807, 2.05) is 19.3 Å². The van der Waals surface area contributed by atoms with Crippen LogP contribution in [-0.2, 0) is 22.6 Å². The lowest BCUT2D eigenvalue weighted by Gasteiger charge is -2.36. The number of hydrogen-bond donors (Lipinski definition) is 0. The van der Waals surface area contributed by atoms with Gasteiger partial charge in [0.15, 0.2) is 0 Å². The summed E-state index contributed by atoms with van der Waals surface area (Å²) in [6, 6.07) is -0.0280. The molecule has 21 heavy (non-hydrogen) atoms. The van der Waals surface area contributed by atoms with Crippen LogP contribution < -0.4 is 0 Å². The highest BCUT2D eigenvalue weighted by atomic mass is 16.6. The number of carbonyl (C=O) groups excluding carboxylic acids is 1. The van der Waals surface area contributed by atoms with Gasteiger partial charge in [-0.25, -0.2) is 4.98 Å². The van der Waals surface area contributed by atoms with Gasteiger partial charge in [-0.05, 0) is 13.8 Å². The lowest BCUT2D eigenvalue weighted by atomic mass is 10.1. The molecule has 2 aliphatic rings. The third-order valence-corrected chi connectivity index (χ3v) is 4.50. The topological polar surface area (TPSA) is 50.6 Å². The summed E-state index contributed by atoms with van der Waals surface area (Å²) in [5, 5.41) is 0. The van der Waals surface area contributed by atoms with Crippen LogP contribution in [0, 0.1) is 0 Å². The smallest absolute Gasteiger partial charge is 0.323 e. The van der Waals surface area contributed by atoms with Gasteiger partial charge in [-0.3, -0.25) is 14.6 Å². The van der Waals surface area contributed by atoms with Crippen molar-refractivity contribution in [2.45, 2.75) is 45.5 Å². The predicted octanol–water partition coefficient (Wildman–Crippen LogP) is 0.725. The molecule has 0 amide bonds. The Morgan fingerprint density at radius 1 is 1.33 bits per heavy atom. The van der Waals surface area contributed by atoms with E-state index in [0.717, 1.165) is 51.5 Å². The number of piperazine rings is 1. The second-order valence-electron chi connectivity index (χ2n) is 5.94. The first kappa shape index (κ1) is 14.5. The molecule has 3 rings (SSSR count). The van der Waals surface area contributed by atoms with Crippen LogP contribution >= 0.6 is 0 Å². The molecule has 1 aromatic heterocycles. The first-order valence-electron chi connectivity index (χ1n) is 7.84. The Bertz CT molecular complexity index is 494. The highest BCUT2D eigenvalue weighted by molar-refractivity contribution is 5.78. The van der Waals surface area contributed by atoms with Crippen LogP contribution in [0.1, 0.15) is 26.1 Å². The van der Waals surface area contributed by atoms with Crippen molar-refractivity contribution in [1.29, 1.82) is 0 Å². The summed E-state index contributed by atoms with van der Waals surface area (Å²) < 4.78 is 7.44. The maximum Gasteiger partial charge on any atom is 0.323 e. The summed E-state index contributed by atoms with van der Waals surface area (Å²) in [6.45, 7) is 9.78. The van der Waals surface area contributed by atoms with Crippen molar-refractivity contribution < 1.29 is 9.53 Å². The Labute approximate surface area is 125 Å². The van der Waals surface area contributed by atoms with Crippen molar-refractivity contribution in [2.24, 2.45) is 0 Å². The molecule has 0 saturated carbocycles. The van der Waals surface area contributed by atoms with E-state index in [2.05, 4.69) is 26.3 Å². The third kappa shape index (κ3) is 3.11. The standard InChI is InChI=1S/C15H24N4O2/c1-3-18-5-4-16-14(18)11-17-6-8-19(9-7-17)13-10-12(2)21-15(13)20/h4-5,12-13H,3,6-11H2,1-2H3/t12-,13-/m1/s1. The van der Waals surface area contributed by atoms with Crippen molar-refractivity contribution in [2.75, 3.05) is 26.2 Å². The highest BCUT2D eigenvalue weighted by Crippen LogP contribution is 2.21. The maximum absolute atomic E-state index is 11.8. The summed E-state index contributed by atoms with van der Waals surface area (Å²) in [7, 11) is 0. The Balaban J connectivity index is 1.52. The van der Waals surface area contributed by atoms with Gasteiger partial charge in [0.2, 0.25) is 0 Å². The number of aromatic nitrogens is 2. The van der Waals surface area contributed by atoms with Crippen LogP contribution in [0.25, 0.3) is 0 Å². The van der Waals surface area contributed by atoms with Crippen LogP contribution in [0.15, 0.2) is 12.4 Å². The SMILES string of the molecule is CCn1ccnc1CN1CCN([C@@H]2C[C@@H](C)OC2=O)CC1. The van der Waals surface area contributed by atoms with Gasteiger partial charge < -0.3 is 9.30 Å². The lowest BCUT2D eigenvalue weighted by molar-refractivity contribution is -0.145. The average molecular weight is 292 g/mol. The Morgan fingerprint density at radius 2 is 2.10 bits per heavy atom. The minimum absolute atomic E-state index is 0.0280. The minimum atomic E-state index is -0.0440. The molecule has 6 nitrogen and oxygen atoms in total. The normalized spacial score (nSPS) is 28.0. The molecule has 2 aliphatic heterocycles. The molecule has 2 fully saturated rings. The maximum atomic E-state index is 11.8. The average Bonchev–Trinajstić information content (AvgIpc) is 3.06.